The number of nitrogens with one attached hydrogen (secondary N) is 1. The second kappa shape index (κ2) is 7.86. The summed E-state index contributed by atoms with van der Waals surface area (Å²) < 4.78 is 28.7. The molecule has 1 amide bonds. The third kappa shape index (κ3) is 4.51. The highest BCUT2D eigenvalue weighted by Crippen LogP contribution is 2.26. The van der Waals surface area contributed by atoms with E-state index >= 15 is 0 Å². The molecule has 1 aromatic heterocycles. The van der Waals surface area contributed by atoms with Crippen LogP contribution in [0.25, 0.3) is 0 Å². The normalized spacial score (nSPS) is 12.2. The number of aliphatic hydroxyl groups is 1. The van der Waals surface area contributed by atoms with E-state index in [1.807, 2.05) is 18.2 Å². The van der Waals surface area contributed by atoms with Crippen LogP contribution in [0.3, 0.4) is 0 Å². The second-order valence-corrected chi connectivity index (χ2v) is 5.38. The fourth-order valence-electron chi connectivity index (χ4n) is 1.90. The molecule has 0 aliphatic carbocycles. The van der Waals surface area contributed by atoms with Crippen LogP contribution in [0.5, 0.6) is 5.75 Å². The molecule has 1 aromatic carbocycles. The Balaban J connectivity index is 1.84. The van der Waals surface area contributed by atoms with E-state index in [0.29, 0.717) is 6.42 Å². The van der Waals surface area contributed by atoms with Gasteiger partial charge in [-0.3, -0.25) is 4.79 Å². The summed E-state index contributed by atoms with van der Waals surface area (Å²) in [6.45, 7) is -2.75. The molecule has 1 heterocycles. The minimum Gasteiger partial charge on any atom is -0.433 e. The van der Waals surface area contributed by atoms with Crippen molar-refractivity contribution in [1.29, 1.82) is 0 Å². The topological polar surface area (TPSA) is 58.6 Å². The van der Waals surface area contributed by atoms with Crippen LogP contribution in [-0.4, -0.2) is 24.2 Å². The number of ether oxygens (including phenoxy) is 1. The van der Waals surface area contributed by atoms with Gasteiger partial charge in [-0.05, 0) is 23.4 Å². The molecule has 0 aliphatic rings. The van der Waals surface area contributed by atoms with E-state index in [1.165, 1.54) is 11.4 Å². The zero-order valence-electron chi connectivity index (χ0n) is 11.5. The highest BCUT2D eigenvalue weighted by molar-refractivity contribution is 7.12. The fraction of sp³-hybridized carbons (Fsp3) is 0.267. The number of rotatable bonds is 7. The Kier molecular flexibility index (Phi) is 5.85. The van der Waals surface area contributed by atoms with E-state index in [4.69, 9.17) is 0 Å². The van der Waals surface area contributed by atoms with Crippen molar-refractivity contribution < 1.29 is 23.4 Å². The molecule has 118 valence electrons. The molecule has 0 spiro atoms. The van der Waals surface area contributed by atoms with Crippen molar-refractivity contribution in [2.24, 2.45) is 0 Å². The lowest BCUT2D eigenvalue weighted by Crippen LogP contribution is -2.25. The molecule has 1 atom stereocenters. The highest BCUT2D eigenvalue weighted by atomic mass is 32.1. The first-order valence-corrected chi connectivity index (χ1v) is 7.49. The molecule has 0 saturated carbocycles. The van der Waals surface area contributed by atoms with Crippen LogP contribution in [0.15, 0.2) is 41.8 Å². The maximum atomic E-state index is 12.2. The number of thiophene rings is 1. The summed E-state index contributed by atoms with van der Waals surface area (Å²) in [5.74, 6) is -0.632. The number of carbonyl (C=O) groups excluding carboxylic acids is 1. The Morgan fingerprint density at radius 1 is 1.27 bits per heavy atom. The van der Waals surface area contributed by atoms with Gasteiger partial charge in [0.2, 0.25) is 0 Å². The number of alkyl halides is 2. The van der Waals surface area contributed by atoms with Crippen molar-refractivity contribution in [1.82, 2.24) is 5.32 Å². The Bertz CT molecular complexity index is 604. The summed E-state index contributed by atoms with van der Waals surface area (Å²) in [6.07, 6.45) is -0.367. The summed E-state index contributed by atoms with van der Waals surface area (Å²) in [5, 5.41) is 14.1. The summed E-state index contributed by atoms with van der Waals surface area (Å²) >= 11 is 1.02. The summed E-state index contributed by atoms with van der Waals surface area (Å²) in [6, 6.07) is 10.4. The Morgan fingerprint density at radius 2 is 2.00 bits per heavy atom. The smallest absolute Gasteiger partial charge is 0.387 e. The van der Waals surface area contributed by atoms with Crippen molar-refractivity contribution in [3.05, 3.63) is 52.2 Å². The average Bonchev–Trinajstić information content (AvgIpc) is 2.95. The summed E-state index contributed by atoms with van der Waals surface area (Å²) in [5.41, 5.74) is 0.759. The van der Waals surface area contributed by atoms with Crippen LogP contribution in [0.4, 0.5) is 8.78 Å². The van der Waals surface area contributed by atoms with Gasteiger partial charge in [0.15, 0.2) is 0 Å². The van der Waals surface area contributed by atoms with E-state index in [0.717, 1.165) is 16.9 Å². The van der Waals surface area contributed by atoms with Crippen LogP contribution in [0.2, 0.25) is 0 Å². The van der Waals surface area contributed by atoms with Crippen LogP contribution < -0.4 is 10.1 Å². The van der Waals surface area contributed by atoms with E-state index in [9.17, 15) is 18.7 Å². The zero-order valence-corrected chi connectivity index (χ0v) is 12.4. The average molecular weight is 327 g/mol. The summed E-state index contributed by atoms with van der Waals surface area (Å²) in [7, 11) is 0. The number of halogens is 2. The van der Waals surface area contributed by atoms with Gasteiger partial charge >= 0.3 is 6.61 Å². The van der Waals surface area contributed by atoms with E-state index in [-0.39, 0.29) is 17.2 Å². The molecule has 1 unspecified atom stereocenters. The number of aliphatic hydroxyl groups excluding tert-OH is 1. The van der Waals surface area contributed by atoms with Crippen molar-refractivity contribution >= 4 is 17.2 Å². The third-order valence-electron chi connectivity index (χ3n) is 2.94. The van der Waals surface area contributed by atoms with Gasteiger partial charge in [-0.25, -0.2) is 0 Å². The minimum absolute atomic E-state index is 0.0921. The van der Waals surface area contributed by atoms with E-state index in [1.54, 1.807) is 12.1 Å². The number of benzene rings is 1. The standard InChI is InChI=1S/C15H15F2NO3S/c16-15(17)21-12-7-9-22-13(12)14(20)18-8-6-11(19)10-4-2-1-3-5-10/h1-5,7,9,11,15,19H,6,8H2,(H,18,20). The van der Waals surface area contributed by atoms with Gasteiger partial charge in [0.1, 0.15) is 10.6 Å². The lowest BCUT2D eigenvalue weighted by molar-refractivity contribution is -0.0498. The number of carbonyl (C=O) groups is 1. The number of amides is 1. The van der Waals surface area contributed by atoms with Gasteiger partial charge in [-0.2, -0.15) is 8.78 Å². The van der Waals surface area contributed by atoms with Crippen molar-refractivity contribution in [2.45, 2.75) is 19.1 Å². The predicted molar refractivity (Wildman–Crippen MR) is 79.3 cm³/mol. The SMILES string of the molecule is O=C(NCCC(O)c1ccccc1)c1sccc1OC(F)F. The minimum atomic E-state index is -2.97. The monoisotopic (exact) mass is 327 g/mol. The van der Waals surface area contributed by atoms with Gasteiger partial charge in [0, 0.05) is 6.54 Å². The van der Waals surface area contributed by atoms with Gasteiger partial charge in [-0.1, -0.05) is 30.3 Å². The quantitative estimate of drug-likeness (QED) is 0.821. The molecule has 0 saturated heterocycles. The molecule has 4 nitrogen and oxygen atoms in total. The Hall–Kier alpha value is -1.99. The molecular weight excluding hydrogens is 312 g/mol. The van der Waals surface area contributed by atoms with Gasteiger partial charge in [-0.15, -0.1) is 11.3 Å². The van der Waals surface area contributed by atoms with E-state index < -0.39 is 18.6 Å². The van der Waals surface area contributed by atoms with Crippen molar-refractivity contribution in [3.63, 3.8) is 0 Å². The maximum absolute atomic E-state index is 12.2. The molecule has 7 heteroatoms. The first-order chi connectivity index (χ1) is 10.6. The molecule has 0 fully saturated rings. The first-order valence-electron chi connectivity index (χ1n) is 6.61. The van der Waals surface area contributed by atoms with Gasteiger partial charge in [0.05, 0.1) is 6.10 Å². The Morgan fingerprint density at radius 3 is 2.68 bits per heavy atom. The van der Waals surface area contributed by atoms with Crippen LogP contribution >= 0.6 is 11.3 Å². The highest BCUT2D eigenvalue weighted by Gasteiger charge is 2.17. The van der Waals surface area contributed by atoms with Crippen molar-refractivity contribution in [3.8, 4) is 5.75 Å². The molecule has 0 bridgehead atoms. The van der Waals surface area contributed by atoms with Crippen molar-refractivity contribution in [2.75, 3.05) is 6.54 Å². The van der Waals surface area contributed by atoms with Crippen LogP contribution in [0.1, 0.15) is 27.8 Å². The number of hydrogen-bond acceptors (Lipinski definition) is 4. The lowest BCUT2D eigenvalue weighted by Gasteiger charge is -2.11. The van der Waals surface area contributed by atoms with Crippen LogP contribution in [0, 0.1) is 0 Å². The largest absolute Gasteiger partial charge is 0.433 e. The maximum Gasteiger partial charge on any atom is 0.387 e. The molecule has 2 rings (SSSR count). The molecule has 0 radical (unpaired) electrons. The lowest BCUT2D eigenvalue weighted by atomic mass is 10.1. The molecule has 22 heavy (non-hydrogen) atoms. The number of hydrogen-bond donors (Lipinski definition) is 2. The first kappa shape index (κ1) is 16.4. The van der Waals surface area contributed by atoms with Crippen LogP contribution in [-0.2, 0) is 0 Å². The molecule has 0 aliphatic heterocycles. The Labute approximate surface area is 130 Å². The second-order valence-electron chi connectivity index (χ2n) is 4.46. The van der Waals surface area contributed by atoms with Gasteiger partial charge in [0.25, 0.3) is 5.91 Å². The van der Waals surface area contributed by atoms with Gasteiger partial charge < -0.3 is 15.2 Å². The molecule has 2 N–H and O–H groups in total. The predicted octanol–water partition coefficient (Wildman–Crippen LogP) is 3.20. The fourth-order valence-corrected chi connectivity index (χ4v) is 2.64. The van der Waals surface area contributed by atoms with E-state index in [2.05, 4.69) is 10.1 Å². The summed E-state index contributed by atoms with van der Waals surface area (Å²) in [4.78, 5) is 12.0. The third-order valence-corrected chi connectivity index (χ3v) is 3.83. The zero-order chi connectivity index (χ0) is 15.9. The molecular formula is C15H15F2NO3S. The molecule has 2 aromatic rings.